The molecule has 0 aliphatic carbocycles. The van der Waals surface area contributed by atoms with Crippen molar-refractivity contribution in [3.63, 3.8) is 0 Å². The van der Waals surface area contributed by atoms with E-state index in [0.29, 0.717) is 25.3 Å². The van der Waals surface area contributed by atoms with Gasteiger partial charge in [-0.25, -0.2) is 9.97 Å². The highest BCUT2D eigenvalue weighted by Gasteiger charge is 2.34. The highest BCUT2D eigenvalue weighted by molar-refractivity contribution is 5.91. The summed E-state index contributed by atoms with van der Waals surface area (Å²) < 4.78 is 0. The molecule has 2 aromatic rings. The third-order valence-electron chi connectivity index (χ3n) is 4.09. The fourth-order valence-electron chi connectivity index (χ4n) is 2.87. The number of carbonyl (C=O) groups excluding carboxylic acids is 1. The van der Waals surface area contributed by atoms with E-state index in [1.54, 1.807) is 4.90 Å². The molecule has 0 N–H and O–H groups in total. The first kappa shape index (κ1) is 13.9. The van der Waals surface area contributed by atoms with E-state index in [1.165, 1.54) is 0 Å². The minimum atomic E-state index is -0.495. The van der Waals surface area contributed by atoms with Crippen molar-refractivity contribution in [1.82, 2.24) is 14.9 Å². The number of oxime groups is 1. The average Bonchev–Trinajstić information content (AvgIpc) is 3.20. The van der Waals surface area contributed by atoms with E-state index >= 15 is 0 Å². The van der Waals surface area contributed by atoms with Crippen LogP contribution < -0.4 is 0 Å². The maximum atomic E-state index is 12.5. The molecular formula is C17H16N4O2. The smallest absolute Gasteiger partial charge is 0.267 e. The van der Waals surface area contributed by atoms with Crippen molar-refractivity contribution in [3.8, 4) is 11.4 Å². The highest BCUT2D eigenvalue weighted by atomic mass is 16.6. The SMILES string of the molecule is CC1=NO[C@@H](C(=O)N2Cc3cnc(-c4ccccc4)nc3C2)C1. The minimum Gasteiger partial charge on any atom is -0.382 e. The maximum absolute atomic E-state index is 12.5. The Kier molecular flexibility index (Phi) is 3.29. The number of nitrogens with zero attached hydrogens (tertiary/aromatic N) is 4. The number of fused-ring (bicyclic) bond motifs is 1. The molecule has 0 fully saturated rings. The van der Waals surface area contributed by atoms with Crippen LogP contribution in [0.2, 0.25) is 0 Å². The molecule has 0 spiro atoms. The van der Waals surface area contributed by atoms with Crippen molar-refractivity contribution >= 4 is 11.6 Å². The van der Waals surface area contributed by atoms with Crippen LogP contribution in [0.5, 0.6) is 0 Å². The van der Waals surface area contributed by atoms with Gasteiger partial charge in [-0.3, -0.25) is 4.79 Å². The van der Waals surface area contributed by atoms with E-state index in [2.05, 4.69) is 15.1 Å². The quantitative estimate of drug-likeness (QED) is 0.852. The number of benzene rings is 1. The predicted octanol–water partition coefficient (Wildman–Crippen LogP) is 2.15. The summed E-state index contributed by atoms with van der Waals surface area (Å²) in [6.07, 6.45) is 1.88. The van der Waals surface area contributed by atoms with Crippen LogP contribution >= 0.6 is 0 Å². The van der Waals surface area contributed by atoms with Gasteiger partial charge in [0.1, 0.15) is 0 Å². The Morgan fingerprint density at radius 2 is 2.09 bits per heavy atom. The van der Waals surface area contributed by atoms with Crippen LogP contribution in [0, 0.1) is 0 Å². The van der Waals surface area contributed by atoms with Crippen molar-refractivity contribution in [1.29, 1.82) is 0 Å². The van der Waals surface area contributed by atoms with E-state index in [-0.39, 0.29) is 5.91 Å². The Balaban J connectivity index is 1.53. The molecule has 0 bridgehead atoms. The summed E-state index contributed by atoms with van der Waals surface area (Å²) in [7, 11) is 0. The van der Waals surface area contributed by atoms with Crippen LogP contribution in [0.3, 0.4) is 0 Å². The summed E-state index contributed by atoms with van der Waals surface area (Å²) in [5.41, 5.74) is 3.73. The number of rotatable bonds is 2. The molecule has 116 valence electrons. The summed E-state index contributed by atoms with van der Waals surface area (Å²) in [4.78, 5) is 28.5. The normalized spacial score (nSPS) is 19.3. The number of carbonyl (C=O) groups is 1. The van der Waals surface area contributed by atoms with Gasteiger partial charge >= 0.3 is 0 Å². The average molecular weight is 308 g/mol. The zero-order valence-electron chi connectivity index (χ0n) is 12.8. The van der Waals surface area contributed by atoms with Gasteiger partial charge in [0.25, 0.3) is 5.91 Å². The molecule has 0 unspecified atom stereocenters. The van der Waals surface area contributed by atoms with Crippen LogP contribution in [-0.4, -0.2) is 32.6 Å². The Morgan fingerprint density at radius 3 is 2.83 bits per heavy atom. The Labute approximate surface area is 133 Å². The van der Waals surface area contributed by atoms with Crippen molar-refractivity contribution in [2.45, 2.75) is 32.5 Å². The first-order chi connectivity index (χ1) is 11.2. The fourth-order valence-corrected chi connectivity index (χ4v) is 2.87. The summed E-state index contributed by atoms with van der Waals surface area (Å²) in [6, 6.07) is 9.84. The Bertz CT molecular complexity index is 788. The second-order valence-corrected chi connectivity index (χ2v) is 5.85. The largest absolute Gasteiger partial charge is 0.382 e. The molecule has 4 rings (SSSR count). The number of aromatic nitrogens is 2. The van der Waals surface area contributed by atoms with E-state index < -0.39 is 6.10 Å². The summed E-state index contributed by atoms with van der Waals surface area (Å²) >= 11 is 0. The van der Waals surface area contributed by atoms with Gasteiger partial charge in [0.05, 0.1) is 18.0 Å². The molecule has 1 aromatic heterocycles. The minimum absolute atomic E-state index is 0.0372. The molecule has 1 aromatic carbocycles. The summed E-state index contributed by atoms with van der Waals surface area (Å²) in [6.45, 7) is 2.89. The van der Waals surface area contributed by atoms with Gasteiger partial charge in [-0.05, 0) is 6.92 Å². The highest BCUT2D eigenvalue weighted by Crippen LogP contribution is 2.25. The fraction of sp³-hybridized carbons (Fsp3) is 0.294. The lowest BCUT2D eigenvalue weighted by Crippen LogP contribution is -2.35. The van der Waals surface area contributed by atoms with Crippen molar-refractivity contribution in [3.05, 3.63) is 47.8 Å². The van der Waals surface area contributed by atoms with Crippen molar-refractivity contribution < 1.29 is 9.63 Å². The maximum Gasteiger partial charge on any atom is 0.267 e. The van der Waals surface area contributed by atoms with Crippen molar-refractivity contribution in [2.24, 2.45) is 5.16 Å². The molecular weight excluding hydrogens is 292 g/mol. The van der Waals surface area contributed by atoms with Gasteiger partial charge in [0.15, 0.2) is 5.82 Å². The van der Waals surface area contributed by atoms with Gasteiger partial charge in [0.2, 0.25) is 6.10 Å². The lowest BCUT2D eigenvalue weighted by atomic mass is 10.2. The zero-order chi connectivity index (χ0) is 15.8. The monoisotopic (exact) mass is 308 g/mol. The first-order valence-electron chi connectivity index (χ1n) is 7.59. The third kappa shape index (κ3) is 2.56. The standard InChI is InChI=1S/C17H16N4O2/c1-11-7-15(23-20-11)17(22)21-9-13-8-18-16(19-14(13)10-21)12-5-3-2-4-6-12/h2-6,8,15H,7,9-10H2,1H3/t15-/m1/s1. The molecule has 6 nitrogen and oxygen atoms in total. The molecule has 2 aliphatic heterocycles. The lowest BCUT2D eigenvalue weighted by molar-refractivity contribution is -0.142. The Morgan fingerprint density at radius 1 is 1.26 bits per heavy atom. The van der Waals surface area contributed by atoms with Gasteiger partial charge in [0, 0.05) is 30.3 Å². The van der Waals surface area contributed by atoms with E-state index in [9.17, 15) is 4.79 Å². The number of hydrogen-bond donors (Lipinski definition) is 0. The molecule has 6 heteroatoms. The van der Waals surface area contributed by atoms with Crippen LogP contribution in [-0.2, 0) is 22.7 Å². The number of amides is 1. The van der Waals surface area contributed by atoms with E-state index in [1.807, 2.05) is 43.5 Å². The Hall–Kier alpha value is -2.76. The second kappa shape index (κ2) is 5.46. The van der Waals surface area contributed by atoms with E-state index in [4.69, 9.17) is 4.84 Å². The van der Waals surface area contributed by atoms with Gasteiger partial charge in [-0.1, -0.05) is 35.5 Å². The molecule has 0 radical (unpaired) electrons. The zero-order valence-corrected chi connectivity index (χ0v) is 12.8. The van der Waals surface area contributed by atoms with Gasteiger partial charge in [-0.2, -0.15) is 0 Å². The summed E-state index contributed by atoms with van der Waals surface area (Å²) in [5, 5.41) is 3.85. The molecule has 1 amide bonds. The van der Waals surface area contributed by atoms with Crippen molar-refractivity contribution in [2.75, 3.05) is 0 Å². The molecule has 0 saturated heterocycles. The lowest BCUT2D eigenvalue weighted by Gasteiger charge is -2.17. The second-order valence-electron chi connectivity index (χ2n) is 5.85. The molecule has 1 atom stereocenters. The van der Waals surface area contributed by atoms with Crippen LogP contribution in [0.25, 0.3) is 11.4 Å². The molecule has 0 saturated carbocycles. The molecule has 3 heterocycles. The topological polar surface area (TPSA) is 67.7 Å². The number of hydrogen-bond acceptors (Lipinski definition) is 5. The third-order valence-corrected chi connectivity index (χ3v) is 4.09. The molecule has 23 heavy (non-hydrogen) atoms. The first-order valence-corrected chi connectivity index (χ1v) is 7.59. The van der Waals surface area contributed by atoms with Crippen LogP contribution in [0.4, 0.5) is 0 Å². The van der Waals surface area contributed by atoms with Crippen LogP contribution in [0.15, 0.2) is 41.7 Å². The van der Waals surface area contributed by atoms with Gasteiger partial charge in [-0.15, -0.1) is 0 Å². The predicted molar refractivity (Wildman–Crippen MR) is 84.3 cm³/mol. The molecule has 2 aliphatic rings. The van der Waals surface area contributed by atoms with Gasteiger partial charge < -0.3 is 9.74 Å². The van der Waals surface area contributed by atoms with E-state index in [0.717, 1.165) is 22.5 Å². The van der Waals surface area contributed by atoms with Crippen LogP contribution in [0.1, 0.15) is 24.6 Å². The summed E-state index contributed by atoms with van der Waals surface area (Å²) in [5.74, 6) is 0.653.